The Morgan fingerprint density at radius 3 is 2.21 bits per heavy atom. The summed E-state index contributed by atoms with van der Waals surface area (Å²) < 4.78 is 11.5. The third-order valence-corrected chi connectivity index (χ3v) is 6.45. The molecule has 1 N–H and O–H groups in total. The van der Waals surface area contributed by atoms with E-state index in [2.05, 4.69) is 5.32 Å². The van der Waals surface area contributed by atoms with Crippen LogP contribution in [0.3, 0.4) is 0 Å². The number of amides is 1. The number of hydrogen-bond acceptors (Lipinski definition) is 6. The highest BCUT2D eigenvalue weighted by Crippen LogP contribution is 2.32. The zero-order valence-electron chi connectivity index (χ0n) is 22.3. The Kier molecular flexibility index (Phi) is 9.02. The molecule has 1 aliphatic heterocycles. The Bertz CT molecular complexity index is 1190. The summed E-state index contributed by atoms with van der Waals surface area (Å²) in [4.78, 5) is 31.0. The smallest absolute Gasteiger partial charge is 0.407 e. The molecule has 1 saturated heterocycles. The molecular formula is C31H36N2O5. The van der Waals surface area contributed by atoms with Gasteiger partial charge in [-0.1, -0.05) is 72.8 Å². The van der Waals surface area contributed by atoms with E-state index in [9.17, 15) is 9.59 Å². The molecule has 0 bridgehead atoms. The Labute approximate surface area is 224 Å². The first-order chi connectivity index (χ1) is 18.3. The monoisotopic (exact) mass is 516 g/mol. The van der Waals surface area contributed by atoms with Crippen molar-refractivity contribution in [1.82, 2.24) is 10.4 Å². The minimum absolute atomic E-state index is 0.0101. The summed E-state index contributed by atoms with van der Waals surface area (Å²) in [5.41, 5.74) is 2.42. The largest absolute Gasteiger partial charge is 0.489 e. The molecule has 2 unspecified atom stereocenters. The van der Waals surface area contributed by atoms with Gasteiger partial charge in [-0.2, -0.15) is 0 Å². The molecule has 1 amide bonds. The number of carbonyl (C=O) groups is 2. The van der Waals surface area contributed by atoms with E-state index in [4.69, 9.17) is 14.3 Å². The zero-order chi connectivity index (χ0) is 27.0. The lowest BCUT2D eigenvalue weighted by Crippen LogP contribution is -2.52. The Morgan fingerprint density at radius 2 is 1.55 bits per heavy atom. The lowest BCUT2D eigenvalue weighted by atomic mass is 9.86. The highest BCUT2D eigenvalue weighted by atomic mass is 16.7. The van der Waals surface area contributed by atoms with Crippen LogP contribution in [0, 0.1) is 5.41 Å². The molecule has 0 aromatic heterocycles. The van der Waals surface area contributed by atoms with E-state index in [1.165, 1.54) is 0 Å². The summed E-state index contributed by atoms with van der Waals surface area (Å²) in [7, 11) is 0. The fourth-order valence-electron chi connectivity index (χ4n) is 4.30. The molecule has 200 valence electrons. The number of carbonyl (C=O) groups excluding carboxylic acids is 2. The SMILES string of the molecule is CC(C)(C)C(=O)ON1CCC(c2cccc(OCc3ccccc3)c2)C(NC(=O)OCc2ccccc2)C1. The molecule has 38 heavy (non-hydrogen) atoms. The Morgan fingerprint density at radius 1 is 0.895 bits per heavy atom. The van der Waals surface area contributed by atoms with Crippen LogP contribution < -0.4 is 10.1 Å². The van der Waals surface area contributed by atoms with Crippen LogP contribution in [-0.4, -0.2) is 36.3 Å². The van der Waals surface area contributed by atoms with Crippen molar-refractivity contribution in [2.45, 2.75) is 52.4 Å². The van der Waals surface area contributed by atoms with Gasteiger partial charge < -0.3 is 19.6 Å². The fourth-order valence-corrected chi connectivity index (χ4v) is 4.30. The molecule has 0 saturated carbocycles. The predicted octanol–water partition coefficient (Wildman–Crippen LogP) is 5.85. The molecule has 3 aromatic carbocycles. The van der Waals surface area contributed by atoms with Crippen LogP contribution in [0.5, 0.6) is 5.75 Å². The fraction of sp³-hybridized carbons (Fsp3) is 0.355. The maximum absolute atomic E-state index is 12.8. The van der Waals surface area contributed by atoms with Gasteiger partial charge in [-0.3, -0.25) is 0 Å². The van der Waals surface area contributed by atoms with Crippen LogP contribution in [0.25, 0.3) is 0 Å². The first-order valence-corrected chi connectivity index (χ1v) is 13.0. The number of ether oxygens (including phenoxy) is 2. The van der Waals surface area contributed by atoms with E-state index in [1.54, 1.807) is 5.06 Å². The van der Waals surface area contributed by atoms with Crippen LogP contribution in [0.4, 0.5) is 4.79 Å². The number of benzene rings is 3. The van der Waals surface area contributed by atoms with E-state index in [0.29, 0.717) is 26.1 Å². The highest BCUT2D eigenvalue weighted by molar-refractivity contribution is 5.75. The van der Waals surface area contributed by atoms with Crippen molar-refractivity contribution in [2.24, 2.45) is 5.41 Å². The molecular weight excluding hydrogens is 480 g/mol. The van der Waals surface area contributed by atoms with Gasteiger partial charge in [0.25, 0.3) is 0 Å². The first kappa shape index (κ1) is 27.2. The average molecular weight is 517 g/mol. The third kappa shape index (κ3) is 7.83. The molecule has 7 heteroatoms. The summed E-state index contributed by atoms with van der Waals surface area (Å²) in [6.07, 6.45) is 0.174. The van der Waals surface area contributed by atoms with Gasteiger partial charge >= 0.3 is 12.1 Å². The van der Waals surface area contributed by atoms with Gasteiger partial charge in [0.1, 0.15) is 19.0 Å². The summed E-state index contributed by atoms with van der Waals surface area (Å²) in [6, 6.07) is 27.2. The zero-order valence-corrected chi connectivity index (χ0v) is 22.3. The van der Waals surface area contributed by atoms with Crippen LogP contribution >= 0.6 is 0 Å². The summed E-state index contributed by atoms with van der Waals surface area (Å²) >= 11 is 0. The molecule has 1 fully saturated rings. The van der Waals surface area contributed by atoms with Gasteiger partial charge in [0.15, 0.2) is 0 Å². The highest BCUT2D eigenvalue weighted by Gasteiger charge is 2.35. The van der Waals surface area contributed by atoms with E-state index < -0.39 is 11.5 Å². The number of alkyl carbamates (subject to hydrolysis) is 1. The second-order valence-electron chi connectivity index (χ2n) is 10.6. The van der Waals surface area contributed by atoms with Gasteiger partial charge in [0, 0.05) is 12.5 Å². The molecule has 3 aromatic rings. The van der Waals surface area contributed by atoms with E-state index >= 15 is 0 Å². The molecule has 1 aliphatic rings. The minimum Gasteiger partial charge on any atom is -0.489 e. The Balaban J connectivity index is 1.45. The number of nitrogens with zero attached hydrogens (tertiary/aromatic N) is 1. The third-order valence-electron chi connectivity index (χ3n) is 6.45. The second-order valence-corrected chi connectivity index (χ2v) is 10.6. The summed E-state index contributed by atoms with van der Waals surface area (Å²) in [5.74, 6) is 0.445. The van der Waals surface area contributed by atoms with Crippen molar-refractivity contribution in [3.8, 4) is 5.75 Å². The van der Waals surface area contributed by atoms with Crippen molar-refractivity contribution >= 4 is 12.1 Å². The van der Waals surface area contributed by atoms with E-state index in [0.717, 1.165) is 22.4 Å². The standard InChI is InChI=1S/C31H36N2O5/c1-31(2,3)29(34)38-33-18-17-27(28(20-33)32-30(35)37-22-24-13-8-5-9-14-24)25-15-10-16-26(19-25)36-21-23-11-6-4-7-12-23/h4-16,19,27-28H,17-18,20-22H2,1-3H3,(H,32,35). The van der Waals surface area contributed by atoms with Gasteiger partial charge in [0.2, 0.25) is 0 Å². The second kappa shape index (κ2) is 12.6. The molecule has 0 spiro atoms. The molecule has 0 aliphatic carbocycles. The lowest BCUT2D eigenvalue weighted by molar-refractivity contribution is -0.206. The van der Waals surface area contributed by atoms with Crippen LogP contribution in [-0.2, 0) is 27.6 Å². The molecule has 2 atom stereocenters. The maximum Gasteiger partial charge on any atom is 0.407 e. The van der Waals surface area contributed by atoms with Crippen molar-refractivity contribution in [1.29, 1.82) is 0 Å². The topological polar surface area (TPSA) is 77.1 Å². The predicted molar refractivity (Wildman–Crippen MR) is 145 cm³/mol. The van der Waals surface area contributed by atoms with Gasteiger partial charge in [-0.05, 0) is 56.0 Å². The van der Waals surface area contributed by atoms with Gasteiger partial charge in [0.05, 0.1) is 18.0 Å². The number of hydroxylamine groups is 2. The summed E-state index contributed by atoms with van der Waals surface area (Å²) in [5, 5.41) is 4.66. The van der Waals surface area contributed by atoms with Crippen molar-refractivity contribution in [2.75, 3.05) is 13.1 Å². The molecule has 1 heterocycles. The number of piperidine rings is 1. The van der Waals surface area contributed by atoms with Crippen LogP contribution in [0.2, 0.25) is 0 Å². The number of nitrogens with one attached hydrogen (secondary N) is 1. The van der Waals surface area contributed by atoms with Crippen molar-refractivity contribution in [3.63, 3.8) is 0 Å². The molecule has 0 radical (unpaired) electrons. The first-order valence-electron chi connectivity index (χ1n) is 13.0. The summed E-state index contributed by atoms with van der Waals surface area (Å²) in [6.45, 7) is 7.01. The number of rotatable bonds is 8. The van der Waals surface area contributed by atoms with Gasteiger partial charge in [-0.15, -0.1) is 5.06 Å². The lowest BCUT2D eigenvalue weighted by Gasteiger charge is -2.38. The Hall–Kier alpha value is -3.84. The van der Waals surface area contributed by atoms with Crippen LogP contribution in [0.15, 0.2) is 84.9 Å². The van der Waals surface area contributed by atoms with E-state index in [-0.39, 0.29) is 24.5 Å². The molecule has 7 nitrogen and oxygen atoms in total. The van der Waals surface area contributed by atoms with Crippen LogP contribution in [0.1, 0.15) is 49.8 Å². The minimum atomic E-state index is -0.626. The quantitative estimate of drug-likeness (QED) is 0.405. The number of hydrogen-bond donors (Lipinski definition) is 1. The average Bonchev–Trinajstić information content (AvgIpc) is 2.92. The normalized spacial score (nSPS) is 17.9. The molecule has 4 rings (SSSR count). The van der Waals surface area contributed by atoms with Gasteiger partial charge in [-0.25, -0.2) is 9.59 Å². The van der Waals surface area contributed by atoms with Crippen molar-refractivity contribution < 1.29 is 23.9 Å². The maximum atomic E-state index is 12.8. The van der Waals surface area contributed by atoms with Crippen molar-refractivity contribution in [3.05, 3.63) is 102 Å². The van der Waals surface area contributed by atoms with E-state index in [1.807, 2.05) is 106 Å².